The van der Waals surface area contributed by atoms with Crippen molar-refractivity contribution in [2.45, 2.75) is 30.7 Å². The largest absolute Gasteiger partial charge is 0.403 e. The van der Waals surface area contributed by atoms with Crippen molar-refractivity contribution in [1.29, 1.82) is 0 Å². The minimum atomic E-state index is -3.43. The van der Waals surface area contributed by atoms with E-state index in [-0.39, 0.29) is 16.5 Å². The maximum atomic E-state index is 14.5. The average Bonchev–Trinajstić information content (AvgIpc) is 2.94. The zero-order valence-corrected chi connectivity index (χ0v) is 25.4. The van der Waals surface area contributed by atoms with Crippen molar-refractivity contribution >= 4 is 39.7 Å². The highest BCUT2D eigenvalue weighted by molar-refractivity contribution is 7.90. The predicted octanol–water partition coefficient (Wildman–Crippen LogP) is 5.85. The van der Waals surface area contributed by atoms with Gasteiger partial charge in [0.05, 0.1) is 18.1 Å². The zero-order valence-electron chi connectivity index (χ0n) is 23.6. The molecule has 41 heavy (non-hydrogen) atoms. The number of benzene rings is 4. The average molecular weight is 593 g/mol. The first-order chi connectivity index (χ1) is 19.4. The van der Waals surface area contributed by atoms with Crippen LogP contribution in [-0.4, -0.2) is 41.3 Å². The van der Waals surface area contributed by atoms with Gasteiger partial charge in [0.2, 0.25) is 0 Å². The summed E-state index contributed by atoms with van der Waals surface area (Å²) >= 11 is 0. The summed E-state index contributed by atoms with van der Waals surface area (Å²) in [4.78, 5) is 0.136. The van der Waals surface area contributed by atoms with Crippen LogP contribution in [0.2, 0.25) is 5.04 Å². The molecule has 0 heterocycles. The van der Waals surface area contributed by atoms with Crippen molar-refractivity contribution in [1.82, 2.24) is 0 Å². The molecule has 0 fully saturated rings. The SMILES string of the molecule is CC(C)(C)[Si](OC/C(=C(\CO)c1ccc(S(C)(=O)=O)cc1)c1ccc(F)c(F)c1)(c1ccccc1)c1ccccc1. The Labute approximate surface area is 242 Å². The lowest BCUT2D eigenvalue weighted by Crippen LogP contribution is -2.66. The predicted molar refractivity (Wildman–Crippen MR) is 163 cm³/mol. The summed E-state index contributed by atoms with van der Waals surface area (Å²) in [7, 11) is -6.46. The van der Waals surface area contributed by atoms with Gasteiger partial charge in [0.1, 0.15) is 0 Å². The van der Waals surface area contributed by atoms with Crippen LogP contribution in [0.5, 0.6) is 0 Å². The van der Waals surface area contributed by atoms with Gasteiger partial charge in [0, 0.05) is 6.26 Å². The van der Waals surface area contributed by atoms with Gasteiger partial charge in [-0.2, -0.15) is 0 Å². The summed E-state index contributed by atoms with van der Waals surface area (Å²) < 4.78 is 59.7. The Morgan fingerprint density at radius 3 is 1.71 bits per heavy atom. The maximum absolute atomic E-state index is 14.5. The molecular formula is C33H34F2O4SSi. The molecule has 0 bridgehead atoms. The van der Waals surface area contributed by atoms with E-state index >= 15 is 0 Å². The van der Waals surface area contributed by atoms with Crippen molar-refractivity contribution in [2.24, 2.45) is 0 Å². The second-order valence-electron chi connectivity index (χ2n) is 11.0. The zero-order chi connectivity index (χ0) is 29.8. The molecular weight excluding hydrogens is 559 g/mol. The molecule has 214 valence electrons. The van der Waals surface area contributed by atoms with Crippen molar-refractivity contribution in [3.63, 3.8) is 0 Å². The lowest BCUT2D eigenvalue weighted by Gasteiger charge is -2.43. The van der Waals surface area contributed by atoms with E-state index < -0.39 is 36.4 Å². The van der Waals surface area contributed by atoms with Gasteiger partial charge in [-0.3, -0.25) is 0 Å². The fourth-order valence-electron chi connectivity index (χ4n) is 5.23. The first-order valence-corrected chi connectivity index (χ1v) is 17.0. The number of sulfone groups is 1. The van der Waals surface area contributed by atoms with E-state index in [2.05, 4.69) is 45.0 Å². The summed E-state index contributed by atoms with van der Waals surface area (Å²) in [5.41, 5.74) is 1.81. The van der Waals surface area contributed by atoms with Crippen LogP contribution in [0.4, 0.5) is 8.78 Å². The molecule has 0 radical (unpaired) electrons. The molecule has 0 unspecified atom stereocenters. The van der Waals surface area contributed by atoms with Crippen LogP contribution < -0.4 is 10.4 Å². The standard InChI is InChI=1S/C33H34F2O4SSi/c1-33(2,3)41(27-11-7-5-8-12-27,28-13-9-6-10-14-28)39-23-30(25-17-20-31(34)32(35)21-25)29(22-36)24-15-18-26(19-16-24)40(4,37)38/h5-21,36H,22-23H2,1-4H3/b30-29-. The lowest BCUT2D eigenvalue weighted by atomic mass is 9.95. The first-order valence-electron chi connectivity index (χ1n) is 13.2. The smallest absolute Gasteiger partial charge is 0.261 e. The Morgan fingerprint density at radius 1 is 0.756 bits per heavy atom. The molecule has 0 amide bonds. The highest BCUT2D eigenvalue weighted by atomic mass is 32.2. The number of hydrogen-bond donors (Lipinski definition) is 1. The Bertz CT molecular complexity index is 1590. The molecule has 4 aromatic carbocycles. The van der Waals surface area contributed by atoms with E-state index in [9.17, 15) is 22.3 Å². The highest BCUT2D eigenvalue weighted by Crippen LogP contribution is 2.38. The monoisotopic (exact) mass is 592 g/mol. The Balaban J connectivity index is 1.94. The summed E-state index contributed by atoms with van der Waals surface area (Å²) in [5, 5.41) is 12.4. The topological polar surface area (TPSA) is 63.6 Å². The number of hydrogen-bond acceptors (Lipinski definition) is 4. The second kappa shape index (κ2) is 12.2. The third kappa shape index (κ3) is 6.41. The third-order valence-electron chi connectivity index (χ3n) is 7.27. The van der Waals surface area contributed by atoms with Gasteiger partial charge < -0.3 is 9.53 Å². The van der Waals surface area contributed by atoms with Crippen LogP contribution in [0.25, 0.3) is 11.1 Å². The molecule has 0 aliphatic rings. The molecule has 0 spiro atoms. The minimum Gasteiger partial charge on any atom is -0.403 e. The van der Waals surface area contributed by atoms with Crippen LogP contribution in [0.1, 0.15) is 31.9 Å². The molecule has 1 N–H and O–H groups in total. The van der Waals surface area contributed by atoms with Crippen LogP contribution in [-0.2, 0) is 14.3 Å². The van der Waals surface area contributed by atoms with Crippen LogP contribution >= 0.6 is 0 Å². The molecule has 0 saturated carbocycles. The van der Waals surface area contributed by atoms with Crippen molar-refractivity contribution in [3.8, 4) is 0 Å². The molecule has 4 aromatic rings. The van der Waals surface area contributed by atoms with Gasteiger partial charge in [0.15, 0.2) is 21.5 Å². The van der Waals surface area contributed by atoms with E-state index in [1.807, 2.05) is 36.4 Å². The van der Waals surface area contributed by atoms with Gasteiger partial charge in [-0.05, 0) is 62.0 Å². The molecule has 0 aliphatic heterocycles. The summed E-state index contributed by atoms with van der Waals surface area (Å²) in [5.74, 6) is -2.00. The second-order valence-corrected chi connectivity index (χ2v) is 17.3. The van der Waals surface area contributed by atoms with Crippen molar-refractivity contribution in [2.75, 3.05) is 19.5 Å². The van der Waals surface area contributed by atoms with E-state index in [1.54, 1.807) is 12.1 Å². The summed E-state index contributed by atoms with van der Waals surface area (Å²) in [6, 6.07) is 29.8. The number of aliphatic hydroxyl groups is 1. The normalized spacial score (nSPS) is 13.1. The van der Waals surface area contributed by atoms with Crippen LogP contribution in [0.15, 0.2) is 108 Å². The molecule has 0 aliphatic carbocycles. The van der Waals surface area contributed by atoms with E-state index in [1.165, 1.54) is 18.2 Å². The van der Waals surface area contributed by atoms with E-state index in [0.717, 1.165) is 28.8 Å². The third-order valence-corrected chi connectivity index (χ3v) is 13.4. The van der Waals surface area contributed by atoms with Gasteiger partial charge in [-0.1, -0.05) is 99.6 Å². The molecule has 4 rings (SSSR count). The molecule has 8 heteroatoms. The van der Waals surface area contributed by atoms with Crippen molar-refractivity contribution in [3.05, 3.63) is 126 Å². The van der Waals surface area contributed by atoms with Gasteiger partial charge in [-0.15, -0.1) is 0 Å². The highest BCUT2D eigenvalue weighted by Gasteiger charge is 2.50. The minimum absolute atomic E-state index is 0.0118. The number of halogens is 2. The lowest BCUT2D eigenvalue weighted by molar-refractivity contribution is 0.338. The summed E-state index contributed by atoms with van der Waals surface area (Å²) in [6.45, 7) is 5.96. The summed E-state index contributed by atoms with van der Waals surface area (Å²) in [6.07, 6.45) is 1.12. The van der Waals surface area contributed by atoms with Crippen LogP contribution in [0, 0.1) is 11.6 Å². The fraction of sp³-hybridized carbons (Fsp3) is 0.212. The quantitative estimate of drug-likeness (QED) is 0.196. The van der Waals surface area contributed by atoms with Crippen LogP contribution in [0.3, 0.4) is 0 Å². The Kier molecular flexibility index (Phi) is 9.09. The molecule has 0 aromatic heterocycles. The van der Waals surface area contributed by atoms with Crippen molar-refractivity contribution < 1.29 is 26.7 Å². The first kappa shape index (κ1) is 30.5. The maximum Gasteiger partial charge on any atom is 0.261 e. The molecule has 0 atom stereocenters. The van der Waals surface area contributed by atoms with E-state index in [0.29, 0.717) is 22.3 Å². The Morgan fingerprint density at radius 2 is 1.27 bits per heavy atom. The number of aliphatic hydroxyl groups excluding tert-OH is 1. The van der Waals surface area contributed by atoms with E-state index in [4.69, 9.17) is 4.43 Å². The van der Waals surface area contributed by atoms with Gasteiger partial charge in [-0.25, -0.2) is 17.2 Å². The molecule has 0 saturated heterocycles. The van der Waals surface area contributed by atoms with Gasteiger partial charge >= 0.3 is 0 Å². The Hall–Kier alpha value is -3.43. The molecule has 4 nitrogen and oxygen atoms in total. The van der Waals surface area contributed by atoms with Gasteiger partial charge in [0.25, 0.3) is 8.32 Å². The fourth-order valence-corrected chi connectivity index (χ4v) is 10.4. The number of rotatable bonds is 9.